The molecular weight excluding hydrogens is 441 g/mol. The van der Waals surface area contributed by atoms with Crippen LogP contribution in [0.5, 0.6) is 5.75 Å². The molecule has 0 amide bonds. The Labute approximate surface area is 194 Å². The number of benzene rings is 1. The fourth-order valence-electron chi connectivity index (χ4n) is 3.94. The maximum absolute atomic E-state index is 14.2. The van der Waals surface area contributed by atoms with E-state index in [1.165, 1.54) is 17.9 Å². The average molecular weight is 465 g/mol. The number of halogens is 1. The van der Waals surface area contributed by atoms with E-state index < -0.39 is 5.82 Å². The van der Waals surface area contributed by atoms with Crippen molar-refractivity contribution in [2.45, 2.75) is 0 Å². The Hall–Kier alpha value is -4.12. The summed E-state index contributed by atoms with van der Waals surface area (Å²) in [7, 11) is 3.00. The van der Waals surface area contributed by atoms with Crippen LogP contribution in [0.2, 0.25) is 0 Å². The Morgan fingerprint density at radius 2 is 1.94 bits per heavy atom. The number of ether oxygens (including phenoxy) is 2. The van der Waals surface area contributed by atoms with Gasteiger partial charge >= 0.3 is 0 Å². The summed E-state index contributed by atoms with van der Waals surface area (Å²) < 4.78 is 26.1. The summed E-state index contributed by atoms with van der Waals surface area (Å²) >= 11 is 0. The van der Waals surface area contributed by atoms with Gasteiger partial charge in [0.25, 0.3) is 5.56 Å². The second kappa shape index (κ2) is 9.02. The fourth-order valence-corrected chi connectivity index (χ4v) is 3.94. The number of nitrogens with one attached hydrogen (secondary N) is 3. The van der Waals surface area contributed by atoms with Crippen LogP contribution in [0.25, 0.3) is 11.0 Å². The third-order valence-corrected chi connectivity index (χ3v) is 5.63. The van der Waals surface area contributed by atoms with Gasteiger partial charge in [-0.1, -0.05) is 6.07 Å². The Balaban J connectivity index is 1.48. The van der Waals surface area contributed by atoms with Gasteiger partial charge in [-0.2, -0.15) is 0 Å². The molecule has 0 aliphatic carbocycles. The van der Waals surface area contributed by atoms with Crippen LogP contribution in [0.15, 0.2) is 47.4 Å². The van der Waals surface area contributed by atoms with Gasteiger partial charge in [0.2, 0.25) is 0 Å². The van der Waals surface area contributed by atoms with Crippen molar-refractivity contribution in [3.8, 4) is 5.75 Å². The minimum absolute atomic E-state index is 0.0506. The Bertz CT molecular complexity index is 1380. The molecule has 0 bridgehead atoms. The van der Waals surface area contributed by atoms with Crippen LogP contribution >= 0.6 is 0 Å². The average Bonchev–Trinajstić information content (AvgIpc) is 3.13. The summed E-state index contributed by atoms with van der Waals surface area (Å²) in [5, 5.41) is 9.58. The zero-order valence-electron chi connectivity index (χ0n) is 18.8. The van der Waals surface area contributed by atoms with E-state index in [4.69, 9.17) is 9.47 Å². The molecular formula is C23H24FN7O3. The highest BCUT2D eigenvalue weighted by atomic mass is 19.1. The van der Waals surface area contributed by atoms with Gasteiger partial charge in [-0.3, -0.25) is 14.6 Å². The number of pyridine rings is 2. The number of morpholine rings is 1. The number of anilines is 5. The van der Waals surface area contributed by atoms with E-state index in [2.05, 4.69) is 30.6 Å². The molecule has 0 radical (unpaired) electrons. The van der Waals surface area contributed by atoms with Gasteiger partial charge in [0.05, 0.1) is 43.6 Å². The number of nitrogens with zero attached hydrogens (tertiary/aromatic N) is 4. The van der Waals surface area contributed by atoms with E-state index in [9.17, 15) is 9.18 Å². The van der Waals surface area contributed by atoms with Crippen LogP contribution in [0, 0.1) is 5.82 Å². The SMILES string of the molecule is COc1c(F)cccc1Nc1cc(Nc2ccc(N3CCOCC3)cn2)nc2[nH]n(C)c(=O)c12. The lowest BCUT2D eigenvalue weighted by molar-refractivity contribution is 0.122. The highest BCUT2D eigenvalue weighted by Gasteiger charge is 2.17. The first kappa shape index (κ1) is 21.7. The number of aryl methyl sites for hydroxylation is 1. The molecule has 0 unspecified atom stereocenters. The zero-order chi connectivity index (χ0) is 23.7. The molecule has 5 rings (SSSR count). The van der Waals surface area contributed by atoms with Gasteiger partial charge in [-0.05, 0) is 24.3 Å². The largest absolute Gasteiger partial charge is 0.492 e. The van der Waals surface area contributed by atoms with Crippen molar-refractivity contribution in [1.29, 1.82) is 0 Å². The number of para-hydroxylation sites is 1. The first-order chi connectivity index (χ1) is 16.5. The molecule has 1 saturated heterocycles. The van der Waals surface area contributed by atoms with Gasteiger partial charge < -0.3 is 25.0 Å². The lowest BCUT2D eigenvalue weighted by atomic mass is 10.2. The van der Waals surface area contributed by atoms with Crippen molar-refractivity contribution >= 4 is 39.7 Å². The molecule has 1 aromatic carbocycles. The number of methoxy groups -OCH3 is 1. The van der Waals surface area contributed by atoms with Crippen molar-refractivity contribution in [2.75, 3.05) is 48.9 Å². The van der Waals surface area contributed by atoms with Crippen molar-refractivity contribution in [2.24, 2.45) is 7.05 Å². The van der Waals surface area contributed by atoms with Gasteiger partial charge in [-0.25, -0.2) is 14.4 Å². The molecule has 3 aromatic heterocycles. The highest BCUT2D eigenvalue weighted by molar-refractivity contribution is 5.93. The van der Waals surface area contributed by atoms with Crippen LogP contribution in [0.1, 0.15) is 0 Å². The van der Waals surface area contributed by atoms with E-state index in [0.29, 0.717) is 47.3 Å². The first-order valence-corrected chi connectivity index (χ1v) is 10.8. The molecule has 1 aliphatic rings. The molecule has 3 N–H and O–H groups in total. The normalized spacial score (nSPS) is 13.8. The molecule has 34 heavy (non-hydrogen) atoms. The maximum Gasteiger partial charge on any atom is 0.277 e. The highest BCUT2D eigenvalue weighted by Crippen LogP contribution is 2.33. The molecule has 4 heterocycles. The standard InChI is InChI=1S/C23H24FN7O3/c1-30-23(32)20-17(26-16-5-3-4-15(24)21(16)33-2)12-19(28-22(20)29-30)27-18-7-6-14(13-25-18)31-8-10-34-11-9-31/h3-7,12-13H,8-11H2,1-2H3,(H3,25,26,27,28,29). The molecule has 4 aromatic rings. The van der Waals surface area contributed by atoms with Crippen LogP contribution in [0.3, 0.4) is 0 Å². The smallest absolute Gasteiger partial charge is 0.277 e. The van der Waals surface area contributed by atoms with Crippen LogP contribution in [0.4, 0.5) is 33.1 Å². The number of aromatic amines is 1. The van der Waals surface area contributed by atoms with Crippen molar-refractivity contribution in [3.63, 3.8) is 0 Å². The second-order valence-electron chi connectivity index (χ2n) is 7.83. The predicted octanol–water partition coefficient (Wildman–Crippen LogP) is 3.13. The van der Waals surface area contributed by atoms with Crippen molar-refractivity contribution < 1.29 is 13.9 Å². The topological polar surface area (TPSA) is 109 Å². The third-order valence-electron chi connectivity index (χ3n) is 5.63. The summed E-state index contributed by atoms with van der Waals surface area (Å²) in [6.07, 6.45) is 1.80. The Kier molecular flexibility index (Phi) is 5.76. The van der Waals surface area contributed by atoms with Crippen molar-refractivity contribution in [1.82, 2.24) is 19.7 Å². The lowest BCUT2D eigenvalue weighted by Gasteiger charge is -2.28. The minimum atomic E-state index is -0.511. The zero-order valence-corrected chi connectivity index (χ0v) is 18.8. The Morgan fingerprint density at radius 1 is 1.12 bits per heavy atom. The van der Waals surface area contributed by atoms with E-state index in [1.54, 1.807) is 31.4 Å². The number of rotatable bonds is 6. The van der Waals surface area contributed by atoms with Crippen LogP contribution in [-0.2, 0) is 11.8 Å². The van der Waals surface area contributed by atoms with Gasteiger partial charge in [0, 0.05) is 26.2 Å². The number of aromatic nitrogens is 4. The molecule has 0 saturated carbocycles. The summed E-state index contributed by atoms with van der Waals surface area (Å²) in [4.78, 5) is 24.0. The number of H-pyrrole nitrogens is 1. The summed E-state index contributed by atoms with van der Waals surface area (Å²) in [6.45, 7) is 3.05. The molecule has 1 fully saturated rings. The predicted molar refractivity (Wildman–Crippen MR) is 128 cm³/mol. The first-order valence-electron chi connectivity index (χ1n) is 10.8. The van der Waals surface area contributed by atoms with E-state index in [0.717, 1.165) is 18.8 Å². The van der Waals surface area contributed by atoms with Gasteiger partial charge in [0.1, 0.15) is 17.0 Å². The fraction of sp³-hybridized carbons (Fsp3) is 0.261. The van der Waals surface area contributed by atoms with Gasteiger partial charge in [0.15, 0.2) is 17.2 Å². The molecule has 176 valence electrons. The molecule has 0 spiro atoms. The van der Waals surface area contributed by atoms with E-state index in [1.807, 2.05) is 12.1 Å². The van der Waals surface area contributed by atoms with Crippen LogP contribution < -0.4 is 25.8 Å². The Morgan fingerprint density at radius 3 is 2.68 bits per heavy atom. The summed E-state index contributed by atoms with van der Waals surface area (Å²) in [5.74, 6) is 0.590. The van der Waals surface area contributed by atoms with Crippen LogP contribution in [-0.4, -0.2) is 53.2 Å². The maximum atomic E-state index is 14.2. The molecule has 1 aliphatic heterocycles. The molecule has 11 heteroatoms. The quantitative estimate of drug-likeness (QED) is 0.399. The number of hydrogen-bond donors (Lipinski definition) is 3. The third kappa shape index (κ3) is 4.13. The van der Waals surface area contributed by atoms with E-state index >= 15 is 0 Å². The van der Waals surface area contributed by atoms with Crippen molar-refractivity contribution in [3.05, 3.63) is 58.8 Å². The summed E-state index contributed by atoms with van der Waals surface area (Å²) in [5.41, 5.74) is 1.96. The molecule has 10 nitrogen and oxygen atoms in total. The van der Waals surface area contributed by atoms with Gasteiger partial charge in [-0.15, -0.1) is 0 Å². The number of hydrogen-bond acceptors (Lipinski definition) is 8. The lowest BCUT2D eigenvalue weighted by Crippen LogP contribution is -2.36. The number of fused-ring (bicyclic) bond motifs is 1. The molecule has 0 atom stereocenters. The summed E-state index contributed by atoms with van der Waals surface area (Å²) in [6, 6.07) is 10.1. The monoisotopic (exact) mass is 465 g/mol. The minimum Gasteiger partial charge on any atom is -0.492 e. The van der Waals surface area contributed by atoms with E-state index in [-0.39, 0.29) is 11.3 Å². The second-order valence-corrected chi connectivity index (χ2v) is 7.83.